The molecule has 0 atom stereocenters. The highest BCUT2D eigenvalue weighted by Gasteiger charge is 2.15. The van der Waals surface area contributed by atoms with Crippen LogP contribution in [0.2, 0.25) is 0 Å². The molecule has 4 heteroatoms. The molecule has 1 aliphatic rings. The molecule has 1 aromatic heterocycles. The predicted octanol–water partition coefficient (Wildman–Crippen LogP) is 0.805. The van der Waals surface area contributed by atoms with Crippen LogP contribution in [0, 0.1) is 0 Å². The molecule has 1 aromatic rings. The monoisotopic (exact) mass is 165 g/mol. The van der Waals surface area contributed by atoms with Crippen molar-refractivity contribution in [3.8, 4) is 0 Å². The fourth-order valence-electron chi connectivity index (χ4n) is 1.26. The van der Waals surface area contributed by atoms with Crippen LogP contribution in [0.3, 0.4) is 0 Å². The lowest BCUT2D eigenvalue weighted by atomic mass is 10.3. The van der Waals surface area contributed by atoms with Crippen molar-refractivity contribution < 1.29 is 4.84 Å². The van der Waals surface area contributed by atoms with Gasteiger partial charge in [-0.25, -0.2) is 4.98 Å². The minimum Gasteiger partial charge on any atom is -0.382 e. The van der Waals surface area contributed by atoms with Crippen LogP contribution in [-0.4, -0.2) is 18.1 Å². The van der Waals surface area contributed by atoms with E-state index in [2.05, 4.69) is 4.98 Å². The van der Waals surface area contributed by atoms with Crippen molar-refractivity contribution in [3.63, 3.8) is 0 Å². The van der Waals surface area contributed by atoms with Gasteiger partial charge >= 0.3 is 0 Å². The van der Waals surface area contributed by atoms with Crippen molar-refractivity contribution in [2.75, 3.05) is 23.9 Å². The van der Waals surface area contributed by atoms with Gasteiger partial charge in [-0.3, -0.25) is 9.90 Å². The molecule has 0 bridgehead atoms. The van der Waals surface area contributed by atoms with Crippen molar-refractivity contribution in [2.24, 2.45) is 0 Å². The van der Waals surface area contributed by atoms with E-state index in [1.54, 1.807) is 11.3 Å². The molecular formula is C8H11N3O. The molecule has 0 aromatic carbocycles. The van der Waals surface area contributed by atoms with Gasteiger partial charge in [0.25, 0.3) is 0 Å². The Bertz CT molecular complexity index is 271. The summed E-state index contributed by atoms with van der Waals surface area (Å²) < 4.78 is 0. The van der Waals surface area contributed by atoms with Gasteiger partial charge in [0.05, 0.1) is 6.61 Å². The Morgan fingerprint density at radius 3 is 3.17 bits per heavy atom. The molecule has 0 saturated carbocycles. The zero-order valence-electron chi connectivity index (χ0n) is 6.73. The summed E-state index contributed by atoms with van der Waals surface area (Å²) in [6, 6.07) is 3.76. The number of nitrogen functional groups attached to an aromatic ring is 1. The Kier molecular flexibility index (Phi) is 1.83. The molecule has 1 aliphatic heterocycles. The number of aromatic nitrogens is 1. The third kappa shape index (κ3) is 1.21. The van der Waals surface area contributed by atoms with Crippen LogP contribution in [0.25, 0.3) is 0 Å². The Morgan fingerprint density at radius 1 is 1.58 bits per heavy atom. The summed E-state index contributed by atoms with van der Waals surface area (Å²) in [5.74, 6) is 0.527. The molecule has 0 spiro atoms. The average Bonchev–Trinajstić information content (AvgIpc) is 2.57. The van der Waals surface area contributed by atoms with Crippen LogP contribution >= 0.6 is 0 Å². The Morgan fingerprint density at radius 2 is 2.50 bits per heavy atom. The van der Waals surface area contributed by atoms with E-state index in [1.807, 2.05) is 12.1 Å². The summed E-state index contributed by atoms with van der Waals surface area (Å²) in [6.45, 7) is 1.67. The van der Waals surface area contributed by atoms with E-state index < -0.39 is 0 Å². The topological polar surface area (TPSA) is 51.4 Å². The number of anilines is 2. The van der Waals surface area contributed by atoms with E-state index in [0.717, 1.165) is 25.3 Å². The number of nitrogens with two attached hydrogens (primary N) is 1. The van der Waals surface area contributed by atoms with Crippen molar-refractivity contribution in [1.29, 1.82) is 0 Å². The predicted molar refractivity (Wildman–Crippen MR) is 46.6 cm³/mol. The minimum absolute atomic E-state index is 0.527. The second-order valence-corrected chi connectivity index (χ2v) is 2.70. The molecule has 0 unspecified atom stereocenters. The van der Waals surface area contributed by atoms with Crippen LogP contribution in [0.15, 0.2) is 18.3 Å². The second-order valence-electron chi connectivity index (χ2n) is 2.70. The first-order valence-electron chi connectivity index (χ1n) is 3.99. The third-order valence-corrected chi connectivity index (χ3v) is 1.84. The number of hydrogen-bond donors (Lipinski definition) is 1. The lowest BCUT2D eigenvalue weighted by Gasteiger charge is -2.16. The standard InChI is InChI=1S/C8H11N3O/c9-8-7(3-1-4-10-8)11-5-2-6-12-11/h1,3-4H,2,5-6H2,(H2,9,10). The van der Waals surface area contributed by atoms with Gasteiger partial charge in [-0.15, -0.1) is 0 Å². The Labute approximate surface area is 70.9 Å². The first kappa shape index (κ1) is 7.36. The first-order chi connectivity index (χ1) is 5.88. The summed E-state index contributed by atoms with van der Waals surface area (Å²) in [5.41, 5.74) is 6.54. The van der Waals surface area contributed by atoms with Crippen molar-refractivity contribution in [3.05, 3.63) is 18.3 Å². The Hall–Kier alpha value is -1.29. The summed E-state index contributed by atoms with van der Waals surface area (Å²) in [5, 5.41) is 1.79. The highest BCUT2D eigenvalue weighted by molar-refractivity contribution is 5.61. The lowest BCUT2D eigenvalue weighted by Crippen LogP contribution is -2.17. The fraction of sp³-hybridized carbons (Fsp3) is 0.375. The zero-order chi connectivity index (χ0) is 8.39. The number of nitrogens with zero attached hydrogens (tertiary/aromatic N) is 2. The molecule has 2 heterocycles. The molecule has 1 saturated heterocycles. The van der Waals surface area contributed by atoms with Gasteiger partial charge in [-0.2, -0.15) is 0 Å². The van der Waals surface area contributed by atoms with E-state index in [9.17, 15) is 0 Å². The van der Waals surface area contributed by atoms with E-state index in [0.29, 0.717) is 5.82 Å². The van der Waals surface area contributed by atoms with E-state index >= 15 is 0 Å². The van der Waals surface area contributed by atoms with Gasteiger partial charge in [0.15, 0.2) is 0 Å². The van der Waals surface area contributed by atoms with Crippen LogP contribution in [0.1, 0.15) is 6.42 Å². The summed E-state index contributed by atoms with van der Waals surface area (Å²) in [6.07, 6.45) is 2.73. The molecule has 64 valence electrons. The normalized spacial score (nSPS) is 16.8. The number of pyridine rings is 1. The Balaban J connectivity index is 2.26. The van der Waals surface area contributed by atoms with Crippen LogP contribution in [-0.2, 0) is 4.84 Å². The van der Waals surface area contributed by atoms with Crippen LogP contribution in [0.4, 0.5) is 11.5 Å². The molecular weight excluding hydrogens is 154 g/mol. The second kappa shape index (κ2) is 2.98. The fourth-order valence-corrected chi connectivity index (χ4v) is 1.26. The summed E-state index contributed by atoms with van der Waals surface area (Å²) in [7, 11) is 0. The van der Waals surface area contributed by atoms with Crippen LogP contribution < -0.4 is 10.8 Å². The maximum absolute atomic E-state index is 5.67. The van der Waals surface area contributed by atoms with Gasteiger partial charge in [0.1, 0.15) is 11.5 Å². The van der Waals surface area contributed by atoms with Gasteiger partial charge in [-0.05, 0) is 18.6 Å². The van der Waals surface area contributed by atoms with Crippen LogP contribution in [0.5, 0.6) is 0 Å². The molecule has 2 rings (SSSR count). The lowest BCUT2D eigenvalue weighted by molar-refractivity contribution is 0.168. The van der Waals surface area contributed by atoms with Gasteiger partial charge in [0, 0.05) is 12.7 Å². The van der Waals surface area contributed by atoms with E-state index in [4.69, 9.17) is 10.6 Å². The molecule has 2 N–H and O–H groups in total. The number of rotatable bonds is 1. The van der Waals surface area contributed by atoms with Gasteiger partial charge < -0.3 is 5.73 Å². The molecule has 0 radical (unpaired) electrons. The van der Waals surface area contributed by atoms with Gasteiger partial charge in [-0.1, -0.05) is 0 Å². The first-order valence-corrected chi connectivity index (χ1v) is 3.99. The summed E-state index contributed by atoms with van der Waals surface area (Å²) >= 11 is 0. The van der Waals surface area contributed by atoms with Crippen molar-refractivity contribution >= 4 is 11.5 Å². The largest absolute Gasteiger partial charge is 0.382 e. The number of hydrogen-bond acceptors (Lipinski definition) is 4. The molecule has 4 nitrogen and oxygen atoms in total. The summed E-state index contributed by atoms with van der Waals surface area (Å²) in [4.78, 5) is 9.31. The maximum Gasteiger partial charge on any atom is 0.149 e. The highest BCUT2D eigenvalue weighted by Crippen LogP contribution is 2.23. The quantitative estimate of drug-likeness (QED) is 0.669. The van der Waals surface area contributed by atoms with Gasteiger partial charge in [0.2, 0.25) is 0 Å². The molecule has 1 fully saturated rings. The zero-order valence-corrected chi connectivity index (χ0v) is 6.73. The van der Waals surface area contributed by atoms with E-state index in [-0.39, 0.29) is 0 Å². The minimum atomic E-state index is 0.527. The highest BCUT2D eigenvalue weighted by atomic mass is 16.7. The van der Waals surface area contributed by atoms with Crippen molar-refractivity contribution in [1.82, 2.24) is 4.98 Å². The molecule has 12 heavy (non-hydrogen) atoms. The molecule has 0 aliphatic carbocycles. The SMILES string of the molecule is Nc1ncccc1N1CCCO1. The average molecular weight is 165 g/mol. The van der Waals surface area contributed by atoms with Crippen molar-refractivity contribution in [2.45, 2.75) is 6.42 Å². The maximum atomic E-state index is 5.67. The molecule has 0 amide bonds. The smallest absolute Gasteiger partial charge is 0.149 e. The van der Waals surface area contributed by atoms with E-state index in [1.165, 1.54) is 0 Å². The third-order valence-electron chi connectivity index (χ3n) is 1.84. The number of hydroxylamine groups is 1.